The summed E-state index contributed by atoms with van der Waals surface area (Å²) in [5, 5.41) is 0. The Balaban J connectivity index is 2.43. The van der Waals surface area contributed by atoms with Crippen molar-refractivity contribution in [2.24, 2.45) is 4.99 Å². The Morgan fingerprint density at radius 1 is 1.60 bits per heavy atom. The number of hydrogen-bond donors (Lipinski definition) is 0. The molecule has 2 aliphatic heterocycles. The van der Waals surface area contributed by atoms with Gasteiger partial charge in [-0.3, -0.25) is 4.99 Å². The third-order valence-electron chi connectivity index (χ3n) is 1.30. The molecule has 3 heteroatoms. The quantitative estimate of drug-likeness (QED) is 0.505. The van der Waals surface area contributed by atoms with Gasteiger partial charge in [-0.05, 0) is 0 Å². The van der Waals surface area contributed by atoms with Crippen LogP contribution in [0.15, 0.2) is 27.9 Å². The molecular formula is C7H6N2S+. The van der Waals surface area contributed by atoms with Gasteiger partial charge in [-0.15, -0.1) is 11.8 Å². The Hall–Kier alpha value is -0.830. The summed E-state index contributed by atoms with van der Waals surface area (Å²) in [6, 6.07) is 0. The first kappa shape index (κ1) is 5.92. The van der Waals surface area contributed by atoms with Gasteiger partial charge < -0.3 is 0 Å². The summed E-state index contributed by atoms with van der Waals surface area (Å²) in [6.07, 6.45) is 7.50. The van der Waals surface area contributed by atoms with Crippen LogP contribution in [-0.2, 0) is 0 Å². The predicted octanol–water partition coefficient (Wildman–Crippen LogP) is 0.950. The Kier molecular flexibility index (Phi) is 1.43. The number of nitrogens with zero attached hydrogens (tertiary/aromatic N) is 2. The minimum Gasteiger partial charge on any atom is -0.253 e. The lowest BCUT2D eigenvalue weighted by molar-refractivity contribution is 1.32. The van der Waals surface area contributed by atoms with Gasteiger partial charge in [-0.25, -0.2) is 0 Å². The molecule has 2 heterocycles. The van der Waals surface area contributed by atoms with Gasteiger partial charge in [0.1, 0.15) is 5.70 Å². The Morgan fingerprint density at radius 3 is 3.50 bits per heavy atom. The Morgan fingerprint density at radius 2 is 2.60 bits per heavy atom. The lowest BCUT2D eigenvalue weighted by Gasteiger charge is -2.04. The van der Waals surface area contributed by atoms with Crippen molar-refractivity contribution in [2.75, 3.05) is 5.75 Å². The van der Waals surface area contributed by atoms with Crippen molar-refractivity contribution in [3.8, 4) is 0 Å². The zero-order valence-corrected chi connectivity index (χ0v) is 6.14. The van der Waals surface area contributed by atoms with Gasteiger partial charge in [0.05, 0.1) is 4.99 Å². The smallest absolute Gasteiger partial charge is 0.253 e. The summed E-state index contributed by atoms with van der Waals surface area (Å²) >= 11 is 1.80. The van der Waals surface area contributed by atoms with Gasteiger partial charge in [-0.2, -0.15) is 0 Å². The van der Waals surface area contributed by atoms with Crippen LogP contribution in [0.3, 0.4) is 0 Å². The highest BCUT2D eigenvalue weighted by Gasteiger charge is 2.12. The summed E-state index contributed by atoms with van der Waals surface area (Å²) in [7, 11) is 0. The minimum atomic E-state index is 0.983. The first-order valence-corrected chi connectivity index (χ1v) is 4.05. The van der Waals surface area contributed by atoms with Crippen molar-refractivity contribution < 1.29 is 0 Å². The molecular weight excluding hydrogens is 144 g/mol. The number of thioether (sulfide) groups is 1. The van der Waals surface area contributed by atoms with Crippen LogP contribution >= 0.6 is 11.8 Å². The van der Waals surface area contributed by atoms with Crippen molar-refractivity contribution in [3.05, 3.63) is 22.9 Å². The lowest BCUT2D eigenvalue weighted by Crippen LogP contribution is -2.01. The van der Waals surface area contributed by atoms with Crippen molar-refractivity contribution in [2.45, 2.75) is 0 Å². The molecule has 2 aliphatic rings. The average molecular weight is 150 g/mol. The van der Waals surface area contributed by atoms with Crippen molar-refractivity contribution in [1.82, 2.24) is 4.99 Å². The third kappa shape index (κ3) is 0.926. The maximum Gasteiger partial charge on any atom is 0.268 e. The molecule has 1 radical (unpaired) electrons. The minimum absolute atomic E-state index is 0.983. The first-order valence-electron chi connectivity index (χ1n) is 3.06. The number of allylic oxidation sites excluding steroid dienone is 2. The maximum atomic E-state index is 4.18. The molecule has 0 fully saturated rings. The van der Waals surface area contributed by atoms with E-state index in [1.807, 2.05) is 12.3 Å². The summed E-state index contributed by atoms with van der Waals surface area (Å²) in [5.41, 5.74) is 0.999. The van der Waals surface area contributed by atoms with Crippen molar-refractivity contribution in [3.63, 3.8) is 0 Å². The van der Waals surface area contributed by atoms with Crippen LogP contribution in [0, 0.1) is 0 Å². The first-order chi connectivity index (χ1) is 4.97. The molecule has 0 unspecified atom stereocenters. The largest absolute Gasteiger partial charge is 0.268 e. The predicted molar refractivity (Wildman–Crippen MR) is 45.3 cm³/mol. The fourth-order valence-electron chi connectivity index (χ4n) is 0.855. The van der Waals surface area contributed by atoms with E-state index in [-0.39, 0.29) is 0 Å². The highest BCUT2D eigenvalue weighted by Crippen LogP contribution is 2.24. The molecule has 2 nitrogen and oxygen atoms in total. The maximum absolute atomic E-state index is 4.18. The highest BCUT2D eigenvalue weighted by atomic mass is 32.2. The SMILES string of the molecule is C1=CC2=C(C=[N+]1)N=CCS2. The van der Waals surface area contributed by atoms with Crippen LogP contribution < -0.4 is 4.99 Å². The van der Waals surface area contributed by atoms with Gasteiger partial charge >= 0.3 is 0 Å². The van der Waals surface area contributed by atoms with E-state index in [9.17, 15) is 0 Å². The van der Waals surface area contributed by atoms with E-state index in [0.717, 1.165) is 11.4 Å². The monoisotopic (exact) mass is 150 g/mol. The van der Waals surface area contributed by atoms with E-state index in [1.54, 1.807) is 24.2 Å². The van der Waals surface area contributed by atoms with Gasteiger partial charge in [0.15, 0.2) is 0 Å². The molecule has 0 amide bonds. The molecule has 2 rings (SSSR count). The number of aliphatic imine (C=N–C) groups is 2. The van der Waals surface area contributed by atoms with E-state index >= 15 is 0 Å². The average Bonchev–Trinajstić information content (AvgIpc) is 2.05. The zero-order chi connectivity index (χ0) is 6.81. The topological polar surface area (TPSA) is 26.5 Å². The standard InChI is InChI=1S/C7H6N2S/c1-2-8-5-6-7(1)10-4-3-9-6/h1-3,5H,4H2/q+1. The van der Waals surface area contributed by atoms with E-state index in [1.165, 1.54) is 4.91 Å². The Bertz CT molecular complexity index is 261. The third-order valence-corrected chi connectivity index (χ3v) is 2.28. The molecule has 10 heavy (non-hydrogen) atoms. The van der Waals surface area contributed by atoms with Crippen molar-refractivity contribution >= 4 is 24.2 Å². The summed E-state index contributed by atoms with van der Waals surface area (Å²) in [5.74, 6) is 0.983. The van der Waals surface area contributed by atoms with Crippen LogP contribution in [0.25, 0.3) is 0 Å². The summed E-state index contributed by atoms with van der Waals surface area (Å²) in [4.78, 5) is 9.39. The molecule has 0 aromatic heterocycles. The molecule has 0 bridgehead atoms. The van der Waals surface area contributed by atoms with E-state index in [4.69, 9.17) is 0 Å². The normalized spacial score (nSPS) is 21.6. The summed E-state index contributed by atoms with van der Waals surface area (Å²) < 4.78 is 0. The van der Waals surface area contributed by atoms with Crippen molar-refractivity contribution in [1.29, 1.82) is 0 Å². The molecule has 0 spiro atoms. The second kappa shape index (κ2) is 2.42. The van der Waals surface area contributed by atoms with Crippen LogP contribution in [0.5, 0.6) is 0 Å². The van der Waals surface area contributed by atoms with Crippen LogP contribution in [-0.4, -0.2) is 18.2 Å². The Labute approximate surface area is 63.5 Å². The molecule has 0 aromatic carbocycles. The fourth-order valence-corrected chi connectivity index (χ4v) is 1.59. The van der Waals surface area contributed by atoms with Gasteiger partial charge in [0.25, 0.3) is 6.21 Å². The second-order valence-corrected chi connectivity index (χ2v) is 3.03. The molecule has 0 aromatic rings. The molecule has 0 aliphatic carbocycles. The molecule has 0 saturated heterocycles. The molecule has 0 N–H and O–H groups in total. The van der Waals surface area contributed by atoms with Gasteiger partial charge in [0, 0.05) is 22.9 Å². The molecule has 0 saturated carbocycles. The van der Waals surface area contributed by atoms with E-state index in [0.29, 0.717) is 0 Å². The fraction of sp³-hybridized carbons (Fsp3) is 0.143. The van der Waals surface area contributed by atoms with E-state index < -0.39 is 0 Å². The van der Waals surface area contributed by atoms with Gasteiger partial charge in [0.2, 0.25) is 6.20 Å². The zero-order valence-electron chi connectivity index (χ0n) is 5.32. The van der Waals surface area contributed by atoms with Gasteiger partial charge in [-0.1, -0.05) is 0 Å². The lowest BCUT2D eigenvalue weighted by atomic mass is 10.3. The molecule has 0 atom stereocenters. The second-order valence-electron chi connectivity index (χ2n) is 1.97. The summed E-state index contributed by atoms with van der Waals surface area (Å²) in [6.45, 7) is 0. The van der Waals surface area contributed by atoms with Crippen LogP contribution in [0.4, 0.5) is 0 Å². The molecule has 49 valence electrons. The van der Waals surface area contributed by atoms with Crippen LogP contribution in [0.1, 0.15) is 0 Å². The number of hydrogen-bond acceptors (Lipinski definition) is 3. The van der Waals surface area contributed by atoms with E-state index in [2.05, 4.69) is 9.98 Å². The van der Waals surface area contributed by atoms with Crippen LogP contribution in [0.2, 0.25) is 0 Å². The number of rotatable bonds is 0. The highest BCUT2D eigenvalue weighted by molar-refractivity contribution is 8.03.